The Morgan fingerprint density at radius 3 is 2.79 bits per heavy atom. The molecular formula is C17H23N5O2. The van der Waals surface area contributed by atoms with Crippen LogP contribution >= 0.6 is 0 Å². The molecule has 3 rings (SSSR count). The van der Waals surface area contributed by atoms with Gasteiger partial charge in [-0.15, -0.1) is 0 Å². The highest BCUT2D eigenvalue weighted by Crippen LogP contribution is 2.33. The number of hydrogen-bond acceptors (Lipinski definition) is 5. The van der Waals surface area contributed by atoms with Gasteiger partial charge in [0.25, 0.3) is 5.91 Å². The smallest absolute Gasteiger partial charge is 0.269 e. The first kappa shape index (κ1) is 16.4. The van der Waals surface area contributed by atoms with Crippen LogP contribution in [0.1, 0.15) is 44.5 Å². The minimum Gasteiger partial charge on any atom is -0.462 e. The van der Waals surface area contributed by atoms with E-state index < -0.39 is 5.60 Å². The maximum absolute atomic E-state index is 12.6. The number of rotatable bonds is 4. The quantitative estimate of drug-likeness (QED) is 0.800. The molecule has 0 aromatic carbocycles. The van der Waals surface area contributed by atoms with Gasteiger partial charge in [-0.25, -0.2) is 4.98 Å². The lowest BCUT2D eigenvalue weighted by atomic mass is 10.0. The Balaban J connectivity index is 1.74. The third-order valence-corrected chi connectivity index (χ3v) is 4.22. The lowest BCUT2D eigenvalue weighted by molar-refractivity contribution is -0.128. The molecule has 1 aliphatic rings. The molecule has 24 heavy (non-hydrogen) atoms. The number of carbonyl (C=O) groups excluding carboxylic acids is 1. The Hall–Kier alpha value is -2.41. The van der Waals surface area contributed by atoms with E-state index in [0.717, 1.165) is 16.8 Å². The van der Waals surface area contributed by atoms with Crippen molar-refractivity contribution in [2.75, 3.05) is 5.32 Å². The molecule has 0 saturated carbocycles. The first-order valence-electron chi connectivity index (χ1n) is 7.95. The number of ether oxygens (including phenoxy) is 1. The highest BCUT2D eigenvalue weighted by molar-refractivity contribution is 5.96. The number of amides is 1. The Labute approximate surface area is 141 Å². The van der Waals surface area contributed by atoms with Crippen LogP contribution in [0.25, 0.3) is 0 Å². The van der Waals surface area contributed by atoms with Crippen LogP contribution in [0.4, 0.5) is 5.82 Å². The average Bonchev–Trinajstić information content (AvgIpc) is 3.03. The molecule has 3 heterocycles. The zero-order valence-electron chi connectivity index (χ0n) is 14.7. The number of nitrogens with zero attached hydrogens (tertiary/aromatic N) is 2. The summed E-state index contributed by atoms with van der Waals surface area (Å²) in [4.78, 5) is 16.8. The summed E-state index contributed by atoms with van der Waals surface area (Å²) < 4.78 is 5.75. The molecular weight excluding hydrogens is 306 g/mol. The molecule has 3 N–H and O–H groups in total. The zero-order chi connectivity index (χ0) is 17.5. The van der Waals surface area contributed by atoms with Gasteiger partial charge in [0.15, 0.2) is 11.4 Å². The topological polar surface area (TPSA) is 91.9 Å². The van der Waals surface area contributed by atoms with Crippen molar-refractivity contribution in [2.45, 2.75) is 52.3 Å². The first-order chi connectivity index (χ1) is 11.2. The highest BCUT2D eigenvalue weighted by Gasteiger charge is 2.36. The molecule has 0 unspecified atom stereocenters. The van der Waals surface area contributed by atoms with E-state index >= 15 is 0 Å². The van der Waals surface area contributed by atoms with Gasteiger partial charge >= 0.3 is 0 Å². The van der Waals surface area contributed by atoms with Crippen LogP contribution in [0.5, 0.6) is 5.88 Å². The molecule has 0 aliphatic carbocycles. The van der Waals surface area contributed by atoms with Crippen molar-refractivity contribution in [3.8, 4) is 5.88 Å². The van der Waals surface area contributed by atoms with Crippen LogP contribution in [0.2, 0.25) is 0 Å². The number of aromatic nitrogens is 3. The number of carbonyl (C=O) groups is 1. The number of nitrogens with one attached hydrogen (secondary N) is 3. The van der Waals surface area contributed by atoms with Gasteiger partial charge in [-0.3, -0.25) is 9.89 Å². The molecule has 0 saturated heterocycles. The standard InChI is InChI=1S/C17H23N5O2/c1-10-6-7-12(18-8-10)24-17(4,5)15(23)20-14-11-9-19-16(2,3)13(11)21-22-14/h6-8,19H,9H2,1-5H3,(H2,20,21,22,23). The monoisotopic (exact) mass is 329 g/mol. The summed E-state index contributed by atoms with van der Waals surface area (Å²) in [6.45, 7) is 10.2. The van der Waals surface area contributed by atoms with E-state index in [-0.39, 0.29) is 11.4 Å². The zero-order valence-corrected chi connectivity index (χ0v) is 14.7. The molecule has 1 amide bonds. The number of pyridine rings is 1. The number of aromatic amines is 1. The third kappa shape index (κ3) is 2.99. The van der Waals surface area contributed by atoms with Crippen molar-refractivity contribution in [3.05, 3.63) is 35.2 Å². The summed E-state index contributed by atoms with van der Waals surface area (Å²) in [5.41, 5.74) is 1.76. The van der Waals surface area contributed by atoms with Crippen LogP contribution in [0.3, 0.4) is 0 Å². The predicted octanol–water partition coefficient (Wildman–Crippen LogP) is 2.25. The summed E-state index contributed by atoms with van der Waals surface area (Å²) in [7, 11) is 0. The van der Waals surface area contributed by atoms with Crippen molar-refractivity contribution >= 4 is 11.7 Å². The van der Waals surface area contributed by atoms with Gasteiger partial charge in [0, 0.05) is 24.4 Å². The predicted molar refractivity (Wildman–Crippen MR) is 90.8 cm³/mol. The fourth-order valence-corrected chi connectivity index (χ4v) is 2.64. The number of fused-ring (bicyclic) bond motifs is 1. The van der Waals surface area contributed by atoms with E-state index in [1.807, 2.05) is 13.0 Å². The van der Waals surface area contributed by atoms with Gasteiger partial charge in [-0.1, -0.05) is 6.07 Å². The molecule has 0 radical (unpaired) electrons. The lowest BCUT2D eigenvalue weighted by Crippen LogP contribution is -2.43. The van der Waals surface area contributed by atoms with Gasteiger partial charge in [0.05, 0.1) is 11.2 Å². The van der Waals surface area contributed by atoms with E-state index in [4.69, 9.17) is 4.74 Å². The molecule has 0 bridgehead atoms. The van der Waals surface area contributed by atoms with Crippen LogP contribution in [-0.2, 0) is 16.9 Å². The molecule has 7 nitrogen and oxygen atoms in total. The Bertz CT molecular complexity index is 762. The highest BCUT2D eigenvalue weighted by atomic mass is 16.5. The second kappa shape index (κ2) is 5.59. The molecule has 2 aromatic heterocycles. The second-order valence-electron chi connectivity index (χ2n) is 7.14. The van der Waals surface area contributed by atoms with Crippen LogP contribution < -0.4 is 15.4 Å². The van der Waals surface area contributed by atoms with Gasteiger partial charge in [-0.05, 0) is 40.2 Å². The van der Waals surface area contributed by atoms with Gasteiger partial charge in [-0.2, -0.15) is 5.10 Å². The molecule has 1 aliphatic heterocycles. The molecule has 0 atom stereocenters. The van der Waals surface area contributed by atoms with E-state index in [1.54, 1.807) is 26.1 Å². The summed E-state index contributed by atoms with van der Waals surface area (Å²) in [5.74, 6) is 0.682. The summed E-state index contributed by atoms with van der Waals surface area (Å²) in [5, 5.41) is 13.5. The summed E-state index contributed by atoms with van der Waals surface area (Å²) in [6, 6.07) is 3.65. The van der Waals surface area contributed by atoms with Crippen molar-refractivity contribution in [2.24, 2.45) is 0 Å². The fraction of sp³-hybridized carbons (Fsp3) is 0.471. The molecule has 7 heteroatoms. The molecule has 0 spiro atoms. The van der Waals surface area contributed by atoms with Gasteiger partial charge < -0.3 is 15.4 Å². The van der Waals surface area contributed by atoms with Crippen molar-refractivity contribution in [3.63, 3.8) is 0 Å². The van der Waals surface area contributed by atoms with E-state index in [2.05, 4.69) is 39.7 Å². The first-order valence-corrected chi connectivity index (χ1v) is 7.95. The van der Waals surface area contributed by atoms with Crippen molar-refractivity contribution in [1.82, 2.24) is 20.5 Å². The Kier molecular flexibility index (Phi) is 3.83. The second-order valence-corrected chi connectivity index (χ2v) is 7.14. The average molecular weight is 329 g/mol. The number of anilines is 1. The van der Waals surface area contributed by atoms with Crippen LogP contribution in [0.15, 0.2) is 18.3 Å². The van der Waals surface area contributed by atoms with Crippen LogP contribution in [-0.4, -0.2) is 26.7 Å². The summed E-state index contributed by atoms with van der Waals surface area (Å²) >= 11 is 0. The lowest BCUT2D eigenvalue weighted by Gasteiger charge is -2.24. The number of aryl methyl sites for hydroxylation is 1. The van der Waals surface area contributed by atoms with E-state index in [1.165, 1.54) is 0 Å². The van der Waals surface area contributed by atoms with Crippen molar-refractivity contribution < 1.29 is 9.53 Å². The van der Waals surface area contributed by atoms with Gasteiger partial charge in [0.1, 0.15) is 0 Å². The molecule has 2 aromatic rings. The van der Waals surface area contributed by atoms with Gasteiger partial charge in [0.2, 0.25) is 5.88 Å². The Morgan fingerprint density at radius 2 is 2.12 bits per heavy atom. The molecule has 128 valence electrons. The van der Waals surface area contributed by atoms with Crippen LogP contribution in [0, 0.1) is 6.92 Å². The van der Waals surface area contributed by atoms with E-state index in [9.17, 15) is 4.79 Å². The molecule has 0 fully saturated rings. The summed E-state index contributed by atoms with van der Waals surface area (Å²) in [6.07, 6.45) is 1.71. The minimum atomic E-state index is -1.07. The maximum Gasteiger partial charge on any atom is 0.269 e. The number of hydrogen-bond donors (Lipinski definition) is 3. The number of H-pyrrole nitrogens is 1. The Morgan fingerprint density at radius 1 is 1.38 bits per heavy atom. The normalized spacial score (nSPS) is 15.9. The largest absolute Gasteiger partial charge is 0.462 e. The third-order valence-electron chi connectivity index (χ3n) is 4.22. The maximum atomic E-state index is 12.6. The fourth-order valence-electron chi connectivity index (χ4n) is 2.64. The minimum absolute atomic E-state index is 0.177. The van der Waals surface area contributed by atoms with Crippen molar-refractivity contribution in [1.29, 1.82) is 0 Å². The van der Waals surface area contributed by atoms with E-state index in [0.29, 0.717) is 18.2 Å². The SMILES string of the molecule is Cc1ccc(OC(C)(C)C(=O)Nc2n[nH]c3c2CNC3(C)C)nc1.